The van der Waals surface area contributed by atoms with E-state index >= 15 is 0 Å². The number of fused-ring (bicyclic) bond motifs is 1. The second kappa shape index (κ2) is 5.34. The van der Waals surface area contributed by atoms with Gasteiger partial charge in [0.2, 0.25) is 0 Å². The first-order valence-electron chi connectivity index (χ1n) is 6.88. The molecule has 2 unspecified atom stereocenters. The maximum Gasteiger partial charge on any atom is 0.155 e. The van der Waals surface area contributed by atoms with Crippen LogP contribution in [0.4, 0.5) is 0 Å². The van der Waals surface area contributed by atoms with Crippen LogP contribution in [0.3, 0.4) is 0 Å². The molecule has 1 saturated heterocycles. The molecular weight excluding hydrogens is 254 g/mol. The van der Waals surface area contributed by atoms with Crippen LogP contribution in [0.1, 0.15) is 12.1 Å². The van der Waals surface area contributed by atoms with Gasteiger partial charge in [0, 0.05) is 26.1 Å². The van der Waals surface area contributed by atoms with E-state index < -0.39 is 0 Å². The van der Waals surface area contributed by atoms with Crippen LogP contribution in [-0.4, -0.2) is 41.4 Å². The Morgan fingerprint density at radius 1 is 1.50 bits per heavy atom. The highest BCUT2D eigenvalue weighted by Crippen LogP contribution is 2.19. The molecule has 0 saturated carbocycles. The molecule has 0 radical (unpaired) electrons. The lowest BCUT2D eigenvalue weighted by Crippen LogP contribution is -2.32. The number of benzene rings is 1. The van der Waals surface area contributed by atoms with Crippen LogP contribution in [0.2, 0.25) is 0 Å². The molecule has 5 nitrogen and oxygen atoms in total. The molecule has 106 valence electrons. The van der Waals surface area contributed by atoms with Crippen molar-refractivity contribution in [3.05, 3.63) is 30.0 Å². The van der Waals surface area contributed by atoms with Gasteiger partial charge in [-0.1, -0.05) is 18.2 Å². The molecule has 1 fully saturated rings. The first-order chi connectivity index (χ1) is 9.69. The monoisotopic (exact) mass is 273 g/mol. The maximum absolute atomic E-state index is 12.4. The van der Waals surface area contributed by atoms with Crippen LogP contribution in [-0.2, 0) is 23.0 Å². The number of para-hydroxylation sites is 1. The second-order valence-corrected chi connectivity index (χ2v) is 5.28. The molecule has 1 aromatic heterocycles. The maximum atomic E-state index is 12.4. The molecule has 3 rings (SSSR count). The summed E-state index contributed by atoms with van der Waals surface area (Å²) in [5, 5.41) is 8.76. The van der Waals surface area contributed by atoms with E-state index in [1.165, 1.54) is 0 Å². The van der Waals surface area contributed by atoms with E-state index in [1.54, 1.807) is 7.11 Å². The molecule has 0 spiro atoms. The van der Waals surface area contributed by atoms with Gasteiger partial charge in [-0.3, -0.25) is 9.48 Å². The van der Waals surface area contributed by atoms with Gasteiger partial charge >= 0.3 is 0 Å². The summed E-state index contributed by atoms with van der Waals surface area (Å²) in [5.74, 6) is 0.188. The number of methoxy groups -OCH3 is 1. The molecule has 1 aromatic carbocycles. The SMILES string of the molecule is COC1CNC(C(=O)Cc2nn(C)c3ccccc23)C1. The Morgan fingerprint density at radius 3 is 3.05 bits per heavy atom. The largest absolute Gasteiger partial charge is 0.380 e. The van der Waals surface area contributed by atoms with Crippen LogP contribution in [0.15, 0.2) is 24.3 Å². The number of hydrogen-bond acceptors (Lipinski definition) is 4. The predicted octanol–water partition coefficient (Wildman–Crippen LogP) is 1.06. The third kappa shape index (κ3) is 2.34. The van der Waals surface area contributed by atoms with E-state index in [0.29, 0.717) is 6.42 Å². The average Bonchev–Trinajstić information content (AvgIpc) is 3.05. The van der Waals surface area contributed by atoms with Crippen molar-refractivity contribution >= 4 is 16.7 Å². The minimum Gasteiger partial charge on any atom is -0.380 e. The highest BCUT2D eigenvalue weighted by Gasteiger charge is 2.29. The van der Waals surface area contributed by atoms with Crippen LogP contribution in [0.25, 0.3) is 10.9 Å². The summed E-state index contributed by atoms with van der Waals surface area (Å²) >= 11 is 0. The van der Waals surface area contributed by atoms with Crippen molar-refractivity contribution in [2.45, 2.75) is 25.0 Å². The number of carbonyl (C=O) groups is 1. The Morgan fingerprint density at radius 2 is 2.30 bits per heavy atom. The van der Waals surface area contributed by atoms with E-state index in [0.717, 1.165) is 29.6 Å². The predicted molar refractivity (Wildman–Crippen MR) is 76.6 cm³/mol. The molecule has 1 aliphatic rings. The fraction of sp³-hybridized carbons (Fsp3) is 0.467. The fourth-order valence-electron chi connectivity index (χ4n) is 2.84. The van der Waals surface area contributed by atoms with Gasteiger partial charge in [0.05, 0.1) is 29.8 Å². The molecule has 2 aromatic rings. The Kier molecular flexibility index (Phi) is 3.54. The van der Waals surface area contributed by atoms with Crippen molar-refractivity contribution in [2.24, 2.45) is 7.05 Å². The van der Waals surface area contributed by atoms with Crippen molar-refractivity contribution in [1.82, 2.24) is 15.1 Å². The third-order valence-corrected chi connectivity index (χ3v) is 3.99. The first-order valence-corrected chi connectivity index (χ1v) is 6.88. The fourth-order valence-corrected chi connectivity index (χ4v) is 2.84. The van der Waals surface area contributed by atoms with Crippen molar-refractivity contribution in [3.8, 4) is 0 Å². The number of rotatable bonds is 4. The number of nitrogens with zero attached hydrogens (tertiary/aromatic N) is 2. The number of hydrogen-bond donors (Lipinski definition) is 1. The zero-order chi connectivity index (χ0) is 14.1. The minimum absolute atomic E-state index is 0.110. The second-order valence-electron chi connectivity index (χ2n) is 5.28. The highest BCUT2D eigenvalue weighted by molar-refractivity contribution is 5.91. The quantitative estimate of drug-likeness (QED) is 0.905. The summed E-state index contributed by atoms with van der Waals surface area (Å²) in [4.78, 5) is 12.4. The van der Waals surface area contributed by atoms with Gasteiger partial charge in [0.1, 0.15) is 0 Å². The Labute approximate surface area is 117 Å². The number of ketones is 1. The summed E-state index contributed by atoms with van der Waals surface area (Å²) in [6, 6.07) is 7.89. The summed E-state index contributed by atoms with van der Waals surface area (Å²) in [5.41, 5.74) is 1.92. The summed E-state index contributed by atoms with van der Waals surface area (Å²) in [6.07, 6.45) is 1.26. The molecule has 2 heterocycles. The molecule has 5 heteroatoms. The Bertz CT molecular complexity index is 635. The van der Waals surface area contributed by atoms with Gasteiger partial charge in [0.25, 0.3) is 0 Å². The molecular formula is C15H19N3O2. The smallest absolute Gasteiger partial charge is 0.155 e. The highest BCUT2D eigenvalue weighted by atomic mass is 16.5. The molecule has 0 bridgehead atoms. The standard InChI is InChI=1S/C15H19N3O2/c1-18-14-6-4-3-5-11(14)12(17-18)8-15(19)13-7-10(20-2)9-16-13/h3-6,10,13,16H,7-9H2,1-2H3. The topological polar surface area (TPSA) is 56.1 Å². The number of aromatic nitrogens is 2. The van der Waals surface area contributed by atoms with Gasteiger partial charge in [-0.25, -0.2) is 0 Å². The zero-order valence-electron chi connectivity index (χ0n) is 11.8. The van der Waals surface area contributed by atoms with Crippen molar-refractivity contribution in [2.75, 3.05) is 13.7 Å². The molecule has 0 aliphatic carbocycles. The lowest BCUT2D eigenvalue weighted by molar-refractivity contribution is -0.120. The van der Waals surface area contributed by atoms with E-state index in [9.17, 15) is 4.79 Å². The van der Waals surface area contributed by atoms with E-state index in [2.05, 4.69) is 10.4 Å². The minimum atomic E-state index is -0.110. The van der Waals surface area contributed by atoms with Gasteiger partial charge in [0.15, 0.2) is 5.78 Å². The third-order valence-electron chi connectivity index (χ3n) is 3.99. The molecule has 20 heavy (non-hydrogen) atoms. The van der Waals surface area contributed by atoms with Gasteiger partial charge < -0.3 is 10.1 Å². The summed E-state index contributed by atoms with van der Waals surface area (Å²) in [6.45, 7) is 0.746. The summed E-state index contributed by atoms with van der Waals surface area (Å²) < 4.78 is 7.11. The lowest BCUT2D eigenvalue weighted by atomic mass is 10.0. The van der Waals surface area contributed by atoms with Crippen LogP contribution in [0.5, 0.6) is 0 Å². The van der Waals surface area contributed by atoms with E-state index in [1.807, 2.05) is 36.0 Å². The van der Waals surface area contributed by atoms with Crippen LogP contribution in [0, 0.1) is 0 Å². The van der Waals surface area contributed by atoms with E-state index in [4.69, 9.17) is 4.74 Å². The molecule has 1 aliphatic heterocycles. The molecule has 2 atom stereocenters. The van der Waals surface area contributed by atoms with E-state index in [-0.39, 0.29) is 17.9 Å². The number of carbonyl (C=O) groups excluding carboxylic acids is 1. The first kappa shape index (κ1) is 13.3. The number of nitrogens with one attached hydrogen (secondary N) is 1. The van der Waals surface area contributed by atoms with Crippen LogP contribution >= 0.6 is 0 Å². The number of aryl methyl sites for hydroxylation is 1. The van der Waals surface area contributed by atoms with Gasteiger partial charge in [-0.15, -0.1) is 0 Å². The normalized spacial score (nSPS) is 22.5. The molecule has 0 amide bonds. The Hall–Kier alpha value is -1.72. The van der Waals surface area contributed by atoms with Crippen molar-refractivity contribution in [1.29, 1.82) is 0 Å². The Balaban J connectivity index is 1.78. The molecule has 1 N–H and O–H groups in total. The average molecular weight is 273 g/mol. The summed E-state index contributed by atoms with van der Waals surface area (Å²) in [7, 11) is 3.59. The number of ether oxygens (including phenoxy) is 1. The van der Waals surface area contributed by atoms with Gasteiger partial charge in [-0.2, -0.15) is 5.10 Å². The van der Waals surface area contributed by atoms with Crippen LogP contribution < -0.4 is 5.32 Å². The van der Waals surface area contributed by atoms with Crippen molar-refractivity contribution < 1.29 is 9.53 Å². The lowest BCUT2D eigenvalue weighted by Gasteiger charge is -2.08. The number of Topliss-reactive ketones (excluding diaryl/α,β-unsaturated/α-hetero) is 1. The zero-order valence-corrected chi connectivity index (χ0v) is 11.8. The van der Waals surface area contributed by atoms with Gasteiger partial charge in [-0.05, 0) is 12.5 Å². The van der Waals surface area contributed by atoms with Crippen molar-refractivity contribution in [3.63, 3.8) is 0 Å².